The number of rotatable bonds is 21. The van der Waals surface area contributed by atoms with E-state index < -0.39 is 17.9 Å². The van der Waals surface area contributed by atoms with Gasteiger partial charge in [0.25, 0.3) is 0 Å². The number of nitrogens with zero attached hydrogens (tertiary/aromatic N) is 1. The fourth-order valence-corrected chi connectivity index (χ4v) is 5.39. The average Bonchev–Trinajstić information content (AvgIpc) is 3.81. The molecular formula is C35H48FN3O5. The molecule has 1 aliphatic rings. The molecule has 0 saturated heterocycles. The second kappa shape index (κ2) is 17.7. The summed E-state index contributed by atoms with van der Waals surface area (Å²) in [5, 5.41) is 14.2. The fourth-order valence-electron chi connectivity index (χ4n) is 5.39. The summed E-state index contributed by atoms with van der Waals surface area (Å²) in [6, 6.07) is 12.6. The van der Waals surface area contributed by atoms with E-state index in [1.807, 2.05) is 36.1 Å². The van der Waals surface area contributed by atoms with Gasteiger partial charge >= 0.3 is 0 Å². The monoisotopic (exact) mass is 609 g/mol. The third-order valence-electron chi connectivity index (χ3n) is 8.12. The van der Waals surface area contributed by atoms with Crippen molar-refractivity contribution in [2.45, 2.75) is 76.4 Å². The second-order valence-corrected chi connectivity index (χ2v) is 11.7. The second-order valence-electron chi connectivity index (χ2n) is 11.7. The van der Waals surface area contributed by atoms with E-state index in [1.165, 1.54) is 19.2 Å². The number of methoxy groups -OCH3 is 1. The molecule has 0 aromatic heterocycles. The summed E-state index contributed by atoms with van der Waals surface area (Å²) < 4.78 is 25.2. The summed E-state index contributed by atoms with van der Waals surface area (Å²) in [5.74, 6) is 1.81. The molecule has 3 rings (SSSR count). The molecule has 44 heavy (non-hydrogen) atoms. The van der Waals surface area contributed by atoms with Crippen LogP contribution in [0.1, 0.15) is 75.0 Å². The topological polar surface area (TPSA) is 114 Å². The van der Waals surface area contributed by atoms with Crippen LogP contribution in [0.5, 0.6) is 5.75 Å². The Morgan fingerprint density at radius 3 is 2.66 bits per heavy atom. The molecule has 2 amide bonds. The number of nitrogens with two attached hydrogens (primary N) is 1. The van der Waals surface area contributed by atoms with Gasteiger partial charge in [0, 0.05) is 50.3 Å². The van der Waals surface area contributed by atoms with Crippen molar-refractivity contribution in [1.29, 1.82) is 0 Å². The molecule has 4 N–H and O–H groups in total. The number of carbonyl (C=O) groups is 2. The molecule has 8 nitrogen and oxygen atoms in total. The van der Waals surface area contributed by atoms with Crippen molar-refractivity contribution >= 4 is 11.8 Å². The van der Waals surface area contributed by atoms with Gasteiger partial charge in [-0.15, -0.1) is 6.42 Å². The highest BCUT2D eigenvalue weighted by Gasteiger charge is 2.44. The predicted octanol–water partition coefficient (Wildman–Crippen LogP) is 4.31. The minimum Gasteiger partial charge on any atom is -0.493 e. The molecule has 0 bridgehead atoms. The molecular weight excluding hydrogens is 561 g/mol. The number of hydrogen-bond acceptors (Lipinski definition) is 6. The lowest BCUT2D eigenvalue weighted by atomic mass is 10.0. The Balaban J connectivity index is 1.39. The lowest BCUT2D eigenvalue weighted by Gasteiger charge is -2.23. The van der Waals surface area contributed by atoms with Crippen LogP contribution >= 0.6 is 0 Å². The zero-order valence-corrected chi connectivity index (χ0v) is 26.2. The number of aliphatic hydroxyl groups excluding tert-OH is 1. The molecule has 9 heteroatoms. The van der Waals surface area contributed by atoms with E-state index >= 15 is 0 Å². The Bertz CT molecular complexity index is 1260. The van der Waals surface area contributed by atoms with Crippen molar-refractivity contribution in [3.05, 3.63) is 65.0 Å². The number of primary amides is 1. The maximum absolute atomic E-state index is 14.3. The zero-order valence-electron chi connectivity index (χ0n) is 26.2. The first-order valence-corrected chi connectivity index (χ1v) is 15.7. The maximum Gasteiger partial charge on any atom is 0.222 e. The van der Waals surface area contributed by atoms with Gasteiger partial charge in [-0.1, -0.05) is 25.0 Å². The third-order valence-corrected chi connectivity index (χ3v) is 8.12. The van der Waals surface area contributed by atoms with E-state index in [1.54, 1.807) is 0 Å². The van der Waals surface area contributed by atoms with Crippen molar-refractivity contribution < 1.29 is 28.6 Å². The van der Waals surface area contributed by atoms with Crippen LogP contribution in [0.25, 0.3) is 0 Å². The van der Waals surface area contributed by atoms with Crippen LogP contribution in [0.15, 0.2) is 42.5 Å². The fraction of sp³-hybridized carbons (Fsp3) is 0.543. The number of benzene rings is 2. The highest BCUT2D eigenvalue weighted by atomic mass is 19.1. The number of carbonyl (C=O) groups excluding carboxylic acids is 2. The van der Waals surface area contributed by atoms with Gasteiger partial charge in [0.2, 0.25) is 11.8 Å². The van der Waals surface area contributed by atoms with Crippen LogP contribution in [0.2, 0.25) is 0 Å². The van der Waals surface area contributed by atoms with E-state index in [9.17, 15) is 19.1 Å². The minimum absolute atomic E-state index is 0.00678. The molecule has 240 valence electrons. The van der Waals surface area contributed by atoms with Gasteiger partial charge in [0.05, 0.1) is 25.2 Å². The van der Waals surface area contributed by atoms with Gasteiger partial charge in [-0.25, -0.2) is 4.39 Å². The zero-order chi connectivity index (χ0) is 32.0. The summed E-state index contributed by atoms with van der Waals surface area (Å²) in [5.41, 5.74) is 8.04. The number of amides is 2. The first-order chi connectivity index (χ1) is 21.2. The summed E-state index contributed by atoms with van der Waals surface area (Å²) >= 11 is 0. The first-order valence-electron chi connectivity index (χ1n) is 15.7. The number of ether oxygens (including phenoxy) is 2. The number of halogens is 1. The summed E-state index contributed by atoms with van der Waals surface area (Å²) in [7, 11) is 1.50. The highest BCUT2D eigenvalue weighted by Crippen LogP contribution is 2.45. The summed E-state index contributed by atoms with van der Waals surface area (Å²) in [4.78, 5) is 26.1. The highest BCUT2D eigenvalue weighted by molar-refractivity contribution is 5.79. The molecule has 0 radical (unpaired) electrons. The standard InChI is InChI=1S/C35H48FN3O5/c1-4-17-39(33(41)14-12-28(25-43-3)34(37)42)18-6-7-19-44-32-22-27(21-30(36)23-32)11-13-31(40)24-38-35(15-16-35)29-10-8-9-26(5-2)20-29/h2,8-10,20-23,28,31,38,40H,4,6-7,11-19,24-25H2,1,3H3,(H2,37,42)/t28?,31-/m0/s1. The van der Waals surface area contributed by atoms with Gasteiger partial charge < -0.3 is 30.5 Å². The van der Waals surface area contributed by atoms with E-state index in [2.05, 4.69) is 17.3 Å². The third kappa shape index (κ3) is 11.2. The first kappa shape index (κ1) is 35.0. The number of aliphatic hydroxyl groups is 1. The van der Waals surface area contributed by atoms with E-state index in [4.69, 9.17) is 21.6 Å². The van der Waals surface area contributed by atoms with Gasteiger partial charge in [-0.3, -0.25) is 9.59 Å². The molecule has 1 fully saturated rings. The number of nitrogens with one attached hydrogen (secondary N) is 1. The molecule has 0 spiro atoms. The molecule has 0 heterocycles. The Hall–Kier alpha value is -3.45. The quantitative estimate of drug-likeness (QED) is 0.144. The Morgan fingerprint density at radius 2 is 1.98 bits per heavy atom. The Labute approximate surface area is 261 Å². The van der Waals surface area contributed by atoms with Gasteiger partial charge in [-0.05, 0) is 86.8 Å². The predicted molar refractivity (Wildman–Crippen MR) is 169 cm³/mol. The Morgan fingerprint density at radius 1 is 1.18 bits per heavy atom. The lowest BCUT2D eigenvalue weighted by molar-refractivity contribution is -0.132. The molecule has 2 aromatic rings. The van der Waals surface area contributed by atoms with Crippen molar-refractivity contribution in [1.82, 2.24) is 10.2 Å². The largest absolute Gasteiger partial charge is 0.493 e. The minimum atomic E-state index is -0.577. The number of terminal acetylenes is 1. The molecule has 1 unspecified atom stereocenters. The van der Waals surface area contributed by atoms with Crippen molar-refractivity contribution in [3.8, 4) is 18.1 Å². The normalized spacial score (nSPS) is 14.8. The molecule has 0 aliphatic heterocycles. The van der Waals surface area contributed by atoms with Crippen LogP contribution in [0.4, 0.5) is 4.39 Å². The summed E-state index contributed by atoms with van der Waals surface area (Å²) in [6.45, 7) is 4.27. The van der Waals surface area contributed by atoms with Crippen molar-refractivity contribution in [3.63, 3.8) is 0 Å². The lowest BCUT2D eigenvalue weighted by Crippen LogP contribution is -2.36. The van der Waals surface area contributed by atoms with Crippen molar-refractivity contribution in [2.75, 3.05) is 40.0 Å². The molecule has 1 aliphatic carbocycles. The van der Waals surface area contributed by atoms with E-state index in [-0.39, 0.29) is 30.3 Å². The Kier molecular flexibility index (Phi) is 14.1. The molecule has 1 saturated carbocycles. The van der Waals surface area contributed by atoms with E-state index in [0.29, 0.717) is 57.7 Å². The number of aryl methyl sites for hydroxylation is 1. The van der Waals surface area contributed by atoms with Gasteiger partial charge in [0.1, 0.15) is 11.6 Å². The average molecular weight is 610 g/mol. The SMILES string of the molecule is C#Cc1cccc(C2(NC[C@@H](O)CCc3cc(F)cc(OCCCCN(CCC)C(=O)CCC(COC)C(N)=O)c3)CC2)c1. The molecule has 2 atom stereocenters. The smallest absolute Gasteiger partial charge is 0.222 e. The maximum atomic E-state index is 14.3. The van der Waals surface area contributed by atoms with Crippen LogP contribution in [0.3, 0.4) is 0 Å². The van der Waals surface area contributed by atoms with Gasteiger partial charge in [-0.2, -0.15) is 0 Å². The van der Waals surface area contributed by atoms with Crippen molar-refractivity contribution in [2.24, 2.45) is 11.7 Å². The number of unbranched alkanes of at least 4 members (excludes halogenated alkanes) is 1. The number of hydrogen-bond donors (Lipinski definition) is 3. The van der Waals surface area contributed by atoms with Crippen LogP contribution in [-0.2, 0) is 26.3 Å². The van der Waals surface area contributed by atoms with Gasteiger partial charge in [0.15, 0.2) is 0 Å². The molecule has 2 aromatic carbocycles. The van der Waals surface area contributed by atoms with Crippen LogP contribution < -0.4 is 15.8 Å². The summed E-state index contributed by atoms with van der Waals surface area (Å²) in [6.07, 6.45) is 10.8. The van der Waals surface area contributed by atoms with Crippen LogP contribution in [-0.4, -0.2) is 67.9 Å². The van der Waals surface area contributed by atoms with E-state index in [0.717, 1.165) is 42.4 Å². The van der Waals surface area contributed by atoms with Crippen LogP contribution in [0, 0.1) is 24.1 Å².